The average molecular weight is 1170 g/mol. The summed E-state index contributed by atoms with van der Waals surface area (Å²) >= 11 is 0. The third-order valence-corrected chi connectivity index (χ3v) is 18.6. The fraction of sp³-hybridized carbons (Fsp3) is 0.214. The van der Waals surface area contributed by atoms with E-state index in [1.807, 2.05) is 0 Å². The maximum Gasteiger partial charge on any atom is 0.0738 e. The fourth-order valence-electron chi connectivity index (χ4n) is 15.8. The predicted molar refractivity (Wildman–Crippen MR) is 385 cm³/mol. The second-order valence-electron chi connectivity index (χ2n) is 26.3. The number of aromatic amines is 2. The predicted octanol–water partition coefficient (Wildman–Crippen LogP) is 22.2. The van der Waals surface area contributed by atoms with Gasteiger partial charge in [-0.05, 0) is 298 Å². The highest BCUT2D eigenvalue weighted by Gasteiger charge is 2.27. The van der Waals surface area contributed by atoms with Crippen molar-refractivity contribution in [2.45, 2.75) is 125 Å². The molecular weight excluding hydrogens is 1090 g/mol. The molecule has 2 N–H and O–H groups in total. The van der Waals surface area contributed by atoms with Crippen LogP contribution < -0.4 is 0 Å². The Kier molecular flexibility index (Phi) is 14.9. The number of hydrogen-bond donors (Lipinski definition) is 2. The number of hydrogen-bond acceptors (Lipinski definition) is 4. The molecule has 12 bridgehead atoms. The van der Waals surface area contributed by atoms with Gasteiger partial charge in [-0.15, -0.1) is 0 Å². The van der Waals surface area contributed by atoms with Gasteiger partial charge in [-0.3, -0.25) is 0 Å². The third kappa shape index (κ3) is 10.4. The van der Waals surface area contributed by atoms with Gasteiger partial charge >= 0.3 is 0 Å². The van der Waals surface area contributed by atoms with Crippen molar-refractivity contribution in [2.24, 2.45) is 0 Å². The molecule has 6 nitrogen and oxygen atoms in total. The van der Waals surface area contributed by atoms with E-state index in [0.29, 0.717) is 0 Å². The van der Waals surface area contributed by atoms with Crippen molar-refractivity contribution in [3.8, 4) is 66.8 Å². The largest absolute Gasteiger partial charge is 0.354 e. The highest BCUT2D eigenvalue weighted by atomic mass is 14.8. The van der Waals surface area contributed by atoms with Crippen LogP contribution in [0.3, 0.4) is 0 Å². The number of aromatic nitrogens is 6. The molecule has 6 aromatic carbocycles. The van der Waals surface area contributed by atoms with E-state index in [4.69, 9.17) is 19.9 Å². The summed E-state index contributed by atoms with van der Waals surface area (Å²) < 4.78 is 0. The summed E-state index contributed by atoms with van der Waals surface area (Å²) in [7, 11) is 0. The molecule has 3 aromatic heterocycles. The molecule has 4 aliphatic rings. The van der Waals surface area contributed by atoms with Crippen LogP contribution in [0.2, 0.25) is 0 Å². The Morgan fingerprint density at radius 1 is 0.178 bits per heavy atom. The molecular formula is C84H80N6. The van der Waals surface area contributed by atoms with Gasteiger partial charge in [-0.25, -0.2) is 19.9 Å². The first kappa shape index (κ1) is 59.2. The second kappa shape index (κ2) is 22.7. The normalized spacial score (nSPS) is 12.4. The molecule has 0 aliphatic carbocycles. The van der Waals surface area contributed by atoms with E-state index in [9.17, 15) is 0 Å². The lowest BCUT2D eigenvalue weighted by atomic mass is 9.92. The monoisotopic (exact) mass is 1170 g/mol. The van der Waals surface area contributed by atoms with E-state index in [1.54, 1.807) is 0 Å². The molecule has 446 valence electrons. The van der Waals surface area contributed by atoms with Crippen LogP contribution in [0, 0.1) is 125 Å². The van der Waals surface area contributed by atoms with Crippen LogP contribution in [-0.2, 0) is 0 Å². The summed E-state index contributed by atoms with van der Waals surface area (Å²) in [6.45, 7) is 39.9. The molecule has 0 amide bonds. The maximum absolute atomic E-state index is 5.83. The first-order chi connectivity index (χ1) is 43.0. The van der Waals surface area contributed by atoms with Gasteiger partial charge in [-0.1, -0.05) is 106 Å². The second-order valence-corrected chi connectivity index (χ2v) is 26.3. The van der Waals surface area contributed by atoms with E-state index >= 15 is 0 Å². The minimum atomic E-state index is 0.861. The van der Waals surface area contributed by atoms with Crippen molar-refractivity contribution in [2.75, 3.05) is 0 Å². The minimum Gasteiger partial charge on any atom is -0.354 e. The summed E-state index contributed by atoms with van der Waals surface area (Å²) in [6.07, 6.45) is 17.7. The molecule has 6 heteroatoms. The zero-order valence-electron chi connectivity index (χ0n) is 55.6. The summed E-state index contributed by atoms with van der Waals surface area (Å²) in [6, 6.07) is 36.5. The summed E-state index contributed by atoms with van der Waals surface area (Å²) in [5, 5.41) is 0. The molecule has 7 heterocycles. The number of aryl methyl sites for hydroxylation is 18. The first-order valence-corrected chi connectivity index (χ1v) is 31.7. The van der Waals surface area contributed by atoms with Gasteiger partial charge in [0.15, 0.2) is 0 Å². The molecule has 0 spiro atoms. The summed E-state index contributed by atoms with van der Waals surface area (Å²) in [5.74, 6) is 0. The van der Waals surface area contributed by atoms with Crippen molar-refractivity contribution in [3.63, 3.8) is 0 Å². The van der Waals surface area contributed by atoms with Crippen LogP contribution in [0.1, 0.15) is 146 Å². The molecule has 0 fully saturated rings. The van der Waals surface area contributed by atoms with E-state index in [0.717, 1.165) is 134 Å². The number of nitrogens with one attached hydrogen (secondary N) is 2. The zero-order chi connectivity index (χ0) is 63.5. The summed E-state index contributed by atoms with van der Waals surface area (Å²) in [5.41, 5.74) is 45.3. The highest BCUT2D eigenvalue weighted by Crippen LogP contribution is 2.46. The lowest BCUT2D eigenvalue weighted by molar-refractivity contribution is 1.24. The zero-order valence-corrected chi connectivity index (χ0v) is 55.6. The molecule has 0 saturated carbocycles. The topological polar surface area (TPSA) is 83.1 Å². The highest BCUT2D eigenvalue weighted by molar-refractivity contribution is 6.03. The number of H-pyrrole nitrogens is 2. The van der Waals surface area contributed by atoms with Crippen molar-refractivity contribution >= 4 is 70.7 Å². The molecule has 0 radical (unpaired) electrons. The SMILES string of the molecule is Cc1cc(C)c(-c2c3nc(c(-c4c(C)cc(C)cc4C)c4ccc([nH]4)c(-c4c(C)cc(C)cc4C)c4nc(c(-c5c(C)cc(C)cc5C)c5nc(c(-c6c(C)cc(C)cc6C)c6ccc([nH]6)c(-c6c(C)cc(C)cc6C)c6nc2C=C6)C=C5)C=C4)C=C3)c(C)c1. The molecule has 0 atom stereocenters. The van der Waals surface area contributed by atoms with E-state index in [1.165, 1.54) is 100 Å². The number of benzene rings is 6. The molecule has 9 aromatic rings. The average Bonchev–Trinajstić information content (AvgIpc) is 1.63. The van der Waals surface area contributed by atoms with Gasteiger partial charge < -0.3 is 9.97 Å². The molecule has 13 rings (SSSR count). The third-order valence-electron chi connectivity index (χ3n) is 18.6. The van der Waals surface area contributed by atoms with Crippen LogP contribution in [0.15, 0.2) is 97.1 Å². The van der Waals surface area contributed by atoms with Crippen LogP contribution >= 0.6 is 0 Å². The Balaban J connectivity index is 1.28. The fourth-order valence-corrected chi connectivity index (χ4v) is 15.8. The van der Waals surface area contributed by atoms with Crippen molar-refractivity contribution < 1.29 is 0 Å². The standard InChI is InChI=1S/C84H80N6/c1-43-31-49(7)73(50(8)32-43)79-61-19-21-63(85-61)80(74-51(9)33-44(2)34-52(74)10)65-23-25-67(87-65)82(76-55(13)37-46(4)38-56(76)14)69-27-29-71(89-69)84(78-59(17)41-48(6)42-60(78)18)72-30-28-70(90-72)83(77-57(15)39-47(5)40-58(77)16)68-26-24-66(88-68)81(64-22-20-62(79)86-64)75-53(11)35-45(3)36-54(75)12/h19-42,85,90H,1-18H3. The minimum absolute atomic E-state index is 0.861. The van der Waals surface area contributed by atoms with Gasteiger partial charge in [0.05, 0.1) is 45.6 Å². The van der Waals surface area contributed by atoms with Gasteiger partial charge in [0.2, 0.25) is 0 Å². The Bertz CT molecular complexity index is 4420. The van der Waals surface area contributed by atoms with Gasteiger partial charge in [0, 0.05) is 55.4 Å². The van der Waals surface area contributed by atoms with Gasteiger partial charge in [0.1, 0.15) is 0 Å². The number of rotatable bonds is 6. The van der Waals surface area contributed by atoms with E-state index in [-0.39, 0.29) is 0 Å². The Morgan fingerprint density at radius 3 is 0.467 bits per heavy atom. The number of nitrogens with zero attached hydrogens (tertiary/aromatic N) is 4. The van der Waals surface area contributed by atoms with Crippen LogP contribution in [0.25, 0.3) is 137 Å². The smallest absolute Gasteiger partial charge is 0.0738 e. The van der Waals surface area contributed by atoms with Crippen molar-refractivity contribution in [1.82, 2.24) is 29.9 Å². The van der Waals surface area contributed by atoms with Crippen molar-refractivity contribution in [3.05, 3.63) is 243 Å². The molecule has 90 heavy (non-hydrogen) atoms. The molecule has 4 aliphatic heterocycles. The van der Waals surface area contributed by atoms with Gasteiger partial charge in [0.25, 0.3) is 0 Å². The lowest BCUT2D eigenvalue weighted by Crippen LogP contribution is -1.97. The summed E-state index contributed by atoms with van der Waals surface area (Å²) in [4.78, 5) is 31.5. The van der Waals surface area contributed by atoms with Gasteiger partial charge in [-0.2, -0.15) is 0 Å². The van der Waals surface area contributed by atoms with E-state index in [2.05, 4.69) is 280 Å². The first-order valence-electron chi connectivity index (χ1n) is 31.7. The maximum atomic E-state index is 5.83. The Labute approximate surface area is 531 Å². The van der Waals surface area contributed by atoms with Crippen LogP contribution in [-0.4, -0.2) is 29.9 Å². The number of fused-ring (bicyclic) bond motifs is 12. The molecule has 0 saturated heterocycles. The Hall–Kier alpha value is -9.78. The Morgan fingerprint density at radius 2 is 0.311 bits per heavy atom. The van der Waals surface area contributed by atoms with Crippen LogP contribution in [0.5, 0.6) is 0 Å². The quantitative estimate of drug-likeness (QED) is 0.174. The van der Waals surface area contributed by atoms with Crippen molar-refractivity contribution in [1.29, 1.82) is 0 Å². The lowest BCUT2D eigenvalue weighted by Gasteiger charge is -2.15. The molecule has 0 unspecified atom stereocenters. The van der Waals surface area contributed by atoms with E-state index < -0.39 is 0 Å². The van der Waals surface area contributed by atoms with Crippen LogP contribution in [0.4, 0.5) is 0 Å².